The highest BCUT2D eigenvalue weighted by Crippen LogP contribution is 2.34. The highest BCUT2D eigenvalue weighted by molar-refractivity contribution is 5.47. The predicted octanol–water partition coefficient (Wildman–Crippen LogP) is 3.05. The van der Waals surface area contributed by atoms with Crippen LogP contribution >= 0.6 is 0 Å². The molecule has 0 aliphatic rings. The van der Waals surface area contributed by atoms with Gasteiger partial charge >= 0.3 is 0 Å². The summed E-state index contributed by atoms with van der Waals surface area (Å²) in [5, 5.41) is 8.91. The van der Waals surface area contributed by atoms with Gasteiger partial charge < -0.3 is 15.2 Å². The molecular formula is C18H20N2O2. The molecule has 0 saturated carbocycles. The first kappa shape index (κ1) is 15.9. The van der Waals surface area contributed by atoms with Gasteiger partial charge in [-0.15, -0.1) is 0 Å². The first-order valence-corrected chi connectivity index (χ1v) is 7.08. The molecule has 0 bridgehead atoms. The molecule has 2 rings (SSSR count). The van der Waals surface area contributed by atoms with Gasteiger partial charge in [-0.05, 0) is 42.3 Å². The lowest BCUT2D eigenvalue weighted by molar-refractivity contribution is 0.354. The molecule has 4 heteroatoms. The van der Waals surface area contributed by atoms with Gasteiger partial charge in [-0.3, -0.25) is 0 Å². The Morgan fingerprint density at radius 1 is 0.955 bits per heavy atom. The van der Waals surface area contributed by atoms with Gasteiger partial charge in [0.25, 0.3) is 0 Å². The lowest BCUT2D eigenvalue weighted by Gasteiger charge is -2.23. The van der Waals surface area contributed by atoms with Crippen molar-refractivity contribution in [2.75, 3.05) is 14.2 Å². The summed E-state index contributed by atoms with van der Waals surface area (Å²) in [6, 6.07) is 15.4. The van der Waals surface area contributed by atoms with Crippen molar-refractivity contribution in [1.29, 1.82) is 5.26 Å². The van der Waals surface area contributed by atoms with E-state index in [0.717, 1.165) is 11.1 Å². The zero-order chi connectivity index (χ0) is 16.1. The number of ether oxygens (including phenoxy) is 2. The standard InChI is InChI=1S/C18H20N2O2/c1-12(20)18(14-6-4-13(11-19)5-7-14)15-8-9-16(21-2)17(10-15)22-3/h4-10,12,18H,20H2,1-3H3. The molecule has 0 aromatic heterocycles. The number of methoxy groups -OCH3 is 2. The Morgan fingerprint density at radius 2 is 1.55 bits per heavy atom. The van der Waals surface area contributed by atoms with Gasteiger partial charge in [-0.2, -0.15) is 5.26 Å². The summed E-state index contributed by atoms with van der Waals surface area (Å²) < 4.78 is 10.6. The molecule has 4 nitrogen and oxygen atoms in total. The van der Waals surface area contributed by atoms with E-state index in [0.29, 0.717) is 17.1 Å². The summed E-state index contributed by atoms with van der Waals surface area (Å²) in [6.07, 6.45) is 0. The van der Waals surface area contributed by atoms with E-state index in [9.17, 15) is 0 Å². The van der Waals surface area contributed by atoms with Crippen molar-refractivity contribution in [2.24, 2.45) is 5.73 Å². The largest absolute Gasteiger partial charge is 0.493 e. The van der Waals surface area contributed by atoms with Crippen LogP contribution in [0.25, 0.3) is 0 Å². The Morgan fingerprint density at radius 3 is 2.05 bits per heavy atom. The van der Waals surface area contributed by atoms with Crippen molar-refractivity contribution in [3.8, 4) is 17.6 Å². The lowest BCUT2D eigenvalue weighted by Crippen LogP contribution is -2.25. The second-order valence-corrected chi connectivity index (χ2v) is 5.19. The van der Waals surface area contributed by atoms with E-state index in [1.165, 1.54) is 0 Å². The summed E-state index contributed by atoms with van der Waals surface area (Å²) >= 11 is 0. The summed E-state index contributed by atoms with van der Waals surface area (Å²) in [7, 11) is 3.23. The first-order chi connectivity index (χ1) is 10.6. The van der Waals surface area contributed by atoms with Crippen molar-refractivity contribution in [3.05, 3.63) is 59.2 Å². The molecule has 2 N–H and O–H groups in total. The van der Waals surface area contributed by atoms with E-state index in [2.05, 4.69) is 6.07 Å². The number of nitrogens with two attached hydrogens (primary N) is 1. The van der Waals surface area contributed by atoms with Gasteiger partial charge in [0.1, 0.15) is 0 Å². The number of hydrogen-bond donors (Lipinski definition) is 1. The fraction of sp³-hybridized carbons (Fsp3) is 0.278. The van der Waals surface area contributed by atoms with Crippen LogP contribution in [-0.2, 0) is 0 Å². The normalized spacial score (nSPS) is 13.0. The van der Waals surface area contributed by atoms with Gasteiger partial charge in [0, 0.05) is 12.0 Å². The monoisotopic (exact) mass is 296 g/mol. The van der Waals surface area contributed by atoms with Gasteiger partial charge in [-0.1, -0.05) is 18.2 Å². The molecule has 0 heterocycles. The maximum Gasteiger partial charge on any atom is 0.161 e. The third-order valence-corrected chi connectivity index (χ3v) is 3.69. The van der Waals surface area contributed by atoms with Crippen LogP contribution < -0.4 is 15.2 Å². The van der Waals surface area contributed by atoms with Gasteiger partial charge in [0.2, 0.25) is 0 Å². The molecule has 2 atom stereocenters. The number of rotatable bonds is 5. The Kier molecular flexibility index (Phi) is 5.03. The van der Waals surface area contributed by atoms with Gasteiger partial charge in [-0.25, -0.2) is 0 Å². The van der Waals surface area contributed by atoms with Crippen molar-refractivity contribution in [3.63, 3.8) is 0 Å². The maximum absolute atomic E-state index is 8.91. The average molecular weight is 296 g/mol. The summed E-state index contributed by atoms with van der Waals surface area (Å²) in [4.78, 5) is 0. The number of nitriles is 1. The Bertz CT molecular complexity index is 672. The molecule has 0 amide bonds. The number of nitrogens with zero attached hydrogens (tertiary/aromatic N) is 1. The Labute approximate surface area is 131 Å². The minimum absolute atomic E-state index is 0.0209. The lowest BCUT2D eigenvalue weighted by atomic mass is 9.85. The fourth-order valence-corrected chi connectivity index (χ4v) is 2.61. The third kappa shape index (κ3) is 3.21. The third-order valence-electron chi connectivity index (χ3n) is 3.69. The number of benzene rings is 2. The molecule has 0 aliphatic heterocycles. The smallest absolute Gasteiger partial charge is 0.161 e. The van der Waals surface area contributed by atoms with Crippen LogP contribution in [0.2, 0.25) is 0 Å². The predicted molar refractivity (Wildman–Crippen MR) is 86.2 cm³/mol. The van der Waals surface area contributed by atoms with Crippen LogP contribution in [0, 0.1) is 11.3 Å². The van der Waals surface area contributed by atoms with Crippen molar-refractivity contribution in [1.82, 2.24) is 0 Å². The van der Waals surface area contributed by atoms with Crippen LogP contribution in [0.3, 0.4) is 0 Å². The zero-order valence-electron chi connectivity index (χ0n) is 13.0. The minimum Gasteiger partial charge on any atom is -0.493 e. The number of hydrogen-bond acceptors (Lipinski definition) is 4. The summed E-state index contributed by atoms with van der Waals surface area (Å²) in [5.41, 5.74) is 8.96. The molecule has 22 heavy (non-hydrogen) atoms. The molecule has 0 fully saturated rings. The topological polar surface area (TPSA) is 68.3 Å². The second kappa shape index (κ2) is 6.97. The molecule has 2 aromatic carbocycles. The van der Waals surface area contributed by atoms with E-state index in [4.69, 9.17) is 20.5 Å². The molecule has 2 aromatic rings. The SMILES string of the molecule is COc1ccc(C(c2ccc(C#N)cc2)C(C)N)cc1OC. The van der Waals surface area contributed by atoms with E-state index in [1.54, 1.807) is 14.2 Å². The molecule has 0 aliphatic carbocycles. The Hall–Kier alpha value is -2.51. The van der Waals surface area contributed by atoms with Crippen LogP contribution in [-0.4, -0.2) is 20.3 Å². The van der Waals surface area contributed by atoms with Crippen molar-refractivity contribution in [2.45, 2.75) is 18.9 Å². The Balaban J connectivity index is 2.45. The van der Waals surface area contributed by atoms with E-state index in [1.807, 2.05) is 49.4 Å². The molecular weight excluding hydrogens is 276 g/mol. The van der Waals surface area contributed by atoms with E-state index < -0.39 is 0 Å². The summed E-state index contributed by atoms with van der Waals surface area (Å²) in [5.74, 6) is 1.39. The van der Waals surface area contributed by atoms with Crippen LogP contribution in [0.5, 0.6) is 11.5 Å². The zero-order valence-corrected chi connectivity index (χ0v) is 13.0. The second-order valence-electron chi connectivity index (χ2n) is 5.19. The maximum atomic E-state index is 8.91. The molecule has 0 saturated heterocycles. The average Bonchev–Trinajstić information content (AvgIpc) is 2.55. The molecule has 114 valence electrons. The van der Waals surface area contributed by atoms with E-state index >= 15 is 0 Å². The quantitative estimate of drug-likeness (QED) is 0.920. The van der Waals surface area contributed by atoms with Crippen LogP contribution in [0.4, 0.5) is 0 Å². The fourth-order valence-electron chi connectivity index (χ4n) is 2.61. The first-order valence-electron chi connectivity index (χ1n) is 7.08. The van der Waals surface area contributed by atoms with Gasteiger partial charge in [0.15, 0.2) is 11.5 Å². The van der Waals surface area contributed by atoms with Crippen molar-refractivity contribution < 1.29 is 9.47 Å². The molecule has 2 unspecified atom stereocenters. The van der Waals surface area contributed by atoms with E-state index in [-0.39, 0.29) is 12.0 Å². The van der Waals surface area contributed by atoms with Crippen LogP contribution in [0.15, 0.2) is 42.5 Å². The minimum atomic E-state index is -0.0777. The highest BCUT2D eigenvalue weighted by Gasteiger charge is 2.20. The van der Waals surface area contributed by atoms with Gasteiger partial charge in [0.05, 0.1) is 25.9 Å². The summed E-state index contributed by atoms with van der Waals surface area (Å²) in [6.45, 7) is 1.97. The molecule has 0 radical (unpaired) electrons. The molecule has 0 spiro atoms. The van der Waals surface area contributed by atoms with Crippen molar-refractivity contribution >= 4 is 0 Å². The van der Waals surface area contributed by atoms with Crippen LogP contribution in [0.1, 0.15) is 29.5 Å². The highest BCUT2D eigenvalue weighted by atomic mass is 16.5.